The molecule has 1 aliphatic rings. The van der Waals surface area contributed by atoms with Crippen molar-refractivity contribution in [2.75, 3.05) is 38.2 Å². The van der Waals surface area contributed by atoms with Crippen molar-refractivity contribution in [1.82, 2.24) is 5.32 Å². The van der Waals surface area contributed by atoms with Crippen molar-refractivity contribution in [3.8, 4) is 0 Å². The molecule has 1 saturated heterocycles. The third-order valence-electron chi connectivity index (χ3n) is 4.80. The van der Waals surface area contributed by atoms with Gasteiger partial charge in [-0.05, 0) is 49.0 Å². The zero-order chi connectivity index (χ0) is 19.2. The first kappa shape index (κ1) is 19.7. The average molecular weight is 392 g/mol. The van der Waals surface area contributed by atoms with Crippen LogP contribution in [0.4, 0.5) is 14.5 Å². The largest absolute Gasteiger partial charge is 0.370 e. The molecule has 2 aromatic carbocycles. The summed E-state index contributed by atoms with van der Waals surface area (Å²) in [5.41, 5.74) is 2.24. The van der Waals surface area contributed by atoms with Gasteiger partial charge in [-0.25, -0.2) is 8.78 Å². The smallest absolute Gasteiger partial charge is 0.171 e. The number of anilines is 1. The van der Waals surface area contributed by atoms with E-state index in [-0.39, 0.29) is 17.7 Å². The van der Waals surface area contributed by atoms with Crippen LogP contribution in [0.5, 0.6) is 0 Å². The van der Waals surface area contributed by atoms with E-state index in [9.17, 15) is 8.78 Å². The van der Waals surface area contributed by atoms with Crippen LogP contribution in [0.15, 0.2) is 42.5 Å². The highest BCUT2D eigenvalue weighted by atomic mass is 32.1. The van der Waals surface area contributed by atoms with Crippen LogP contribution in [0.25, 0.3) is 0 Å². The van der Waals surface area contributed by atoms with Crippen LogP contribution in [-0.4, -0.2) is 38.0 Å². The van der Waals surface area contributed by atoms with Gasteiger partial charge < -0.3 is 20.3 Å². The van der Waals surface area contributed by atoms with Gasteiger partial charge in [-0.3, -0.25) is 0 Å². The average Bonchev–Trinajstić information content (AvgIpc) is 2.67. The van der Waals surface area contributed by atoms with Crippen LogP contribution in [0.1, 0.15) is 17.2 Å². The minimum absolute atomic E-state index is 0.115. The van der Waals surface area contributed by atoms with Crippen LogP contribution in [0, 0.1) is 18.6 Å². The summed E-state index contributed by atoms with van der Waals surface area (Å²) >= 11 is 5.36. The summed E-state index contributed by atoms with van der Waals surface area (Å²) in [5, 5.41) is 6.66. The molecule has 4 nitrogen and oxygen atoms in total. The topological polar surface area (TPSA) is 37.7 Å². The molecule has 144 valence electrons. The molecule has 0 radical (unpaired) electrons. The van der Waals surface area contributed by atoms with Crippen LogP contribution in [-0.2, 0) is 4.74 Å². The van der Waals surface area contributed by atoms with Crippen molar-refractivity contribution < 1.29 is 18.4 Å². The van der Waals surface area contributed by atoms with Crippen LogP contribution in [0.2, 0.25) is 0 Å². The molecule has 0 amide bonds. The number of hydrogen-bond donors (Lipinski definition) is 3. The lowest BCUT2D eigenvalue weighted by atomic mass is 10.0. The van der Waals surface area contributed by atoms with E-state index >= 15 is 0 Å². The van der Waals surface area contributed by atoms with E-state index in [0.717, 1.165) is 18.7 Å². The number of quaternary nitrogens is 1. The molecule has 1 atom stereocenters. The fourth-order valence-corrected chi connectivity index (χ4v) is 3.42. The minimum atomic E-state index is -0.273. The quantitative estimate of drug-likeness (QED) is 0.683. The second kappa shape index (κ2) is 9.21. The molecular formula is C20H24F2N3OS+. The predicted octanol–water partition coefficient (Wildman–Crippen LogP) is 2.22. The summed E-state index contributed by atoms with van der Waals surface area (Å²) < 4.78 is 32.5. The second-order valence-corrected chi connectivity index (χ2v) is 7.08. The number of hydrogen-bond acceptors (Lipinski definition) is 2. The van der Waals surface area contributed by atoms with Crippen LogP contribution in [0.3, 0.4) is 0 Å². The fourth-order valence-electron chi connectivity index (χ4n) is 3.22. The molecule has 0 aromatic heterocycles. The van der Waals surface area contributed by atoms with Crippen molar-refractivity contribution in [3.05, 3.63) is 65.2 Å². The van der Waals surface area contributed by atoms with E-state index in [0.29, 0.717) is 36.1 Å². The standard InChI is InChI=1S/C20H23F2N3OS/c1-14-2-7-17(12-18(14)22)24-20(27)23-13-19(25-8-10-26-11-9-25)15-3-5-16(21)6-4-15/h2-7,12,19H,8-11,13H2,1H3,(H2,23,24,27)/p+1/t19-/m1/s1. The van der Waals surface area contributed by atoms with Gasteiger partial charge in [-0.2, -0.15) is 0 Å². The van der Waals surface area contributed by atoms with E-state index in [1.54, 1.807) is 19.1 Å². The Kier molecular flexibility index (Phi) is 6.71. The van der Waals surface area contributed by atoms with E-state index in [2.05, 4.69) is 10.6 Å². The summed E-state index contributed by atoms with van der Waals surface area (Å²) in [6.07, 6.45) is 0. The summed E-state index contributed by atoms with van der Waals surface area (Å²) in [5.74, 6) is -0.522. The Morgan fingerprint density at radius 3 is 2.52 bits per heavy atom. The third-order valence-corrected chi connectivity index (χ3v) is 5.04. The van der Waals surface area contributed by atoms with Gasteiger partial charge in [0.2, 0.25) is 0 Å². The Bertz CT molecular complexity index is 779. The Hall–Kier alpha value is -2.09. The molecule has 7 heteroatoms. The minimum Gasteiger partial charge on any atom is -0.370 e. The van der Waals surface area contributed by atoms with Gasteiger partial charge in [-0.1, -0.05) is 18.2 Å². The van der Waals surface area contributed by atoms with Gasteiger partial charge in [0.15, 0.2) is 5.11 Å². The third kappa shape index (κ3) is 5.45. The zero-order valence-corrected chi connectivity index (χ0v) is 16.0. The Morgan fingerprint density at radius 2 is 1.85 bits per heavy atom. The van der Waals surface area contributed by atoms with Crippen LogP contribution < -0.4 is 15.5 Å². The Labute approximate surface area is 163 Å². The Morgan fingerprint density at radius 1 is 1.15 bits per heavy atom. The number of rotatable bonds is 5. The molecule has 3 rings (SSSR count). The van der Waals surface area contributed by atoms with E-state index in [1.165, 1.54) is 23.1 Å². The maximum Gasteiger partial charge on any atom is 0.171 e. The van der Waals surface area contributed by atoms with E-state index in [1.807, 2.05) is 12.1 Å². The lowest BCUT2D eigenvalue weighted by Gasteiger charge is -2.32. The first-order valence-corrected chi connectivity index (χ1v) is 9.42. The fraction of sp³-hybridized carbons (Fsp3) is 0.350. The molecule has 1 aliphatic heterocycles. The second-order valence-electron chi connectivity index (χ2n) is 6.67. The summed E-state index contributed by atoms with van der Waals surface area (Å²) in [6, 6.07) is 11.6. The number of benzene rings is 2. The highest BCUT2D eigenvalue weighted by Crippen LogP contribution is 2.14. The molecule has 0 aliphatic carbocycles. The summed E-state index contributed by atoms with van der Waals surface area (Å²) in [7, 11) is 0. The molecule has 0 saturated carbocycles. The number of nitrogens with one attached hydrogen (secondary N) is 3. The van der Waals surface area contributed by atoms with E-state index in [4.69, 9.17) is 17.0 Å². The lowest BCUT2D eigenvalue weighted by Crippen LogP contribution is -3.15. The van der Waals surface area contributed by atoms with Gasteiger partial charge in [0.1, 0.15) is 30.8 Å². The monoisotopic (exact) mass is 392 g/mol. The normalized spacial score (nSPS) is 16.0. The molecule has 27 heavy (non-hydrogen) atoms. The van der Waals surface area contributed by atoms with Gasteiger partial charge in [0.05, 0.1) is 19.8 Å². The molecule has 1 fully saturated rings. The van der Waals surface area contributed by atoms with Crippen molar-refractivity contribution in [2.24, 2.45) is 0 Å². The number of halogens is 2. The highest BCUT2D eigenvalue weighted by molar-refractivity contribution is 7.80. The van der Waals surface area contributed by atoms with Gasteiger partial charge in [-0.15, -0.1) is 0 Å². The maximum atomic E-state index is 13.7. The molecule has 0 unspecified atom stereocenters. The van der Waals surface area contributed by atoms with Crippen molar-refractivity contribution >= 4 is 23.0 Å². The van der Waals surface area contributed by atoms with E-state index < -0.39 is 0 Å². The number of morpholine rings is 1. The molecule has 0 bridgehead atoms. The summed E-state index contributed by atoms with van der Waals surface area (Å²) in [6.45, 7) is 5.48. The number of aryl methyl sites for hydroxylation is 1. The SMILES string of the molecule is Cc1ccc(NC(=S)NC[C@H](c2ccc(F)cc2)[NH+]2CCOCC2)cc1F. The van der Waals surface area contributed by atoms with Gasteiger partial charge in [0.25, 0.3) is 0 Å². The number of thiocarbonyl (C=S) groups is 1. The molecule has 2 aromatic rings. The molecule has 1 heterocycles. The van der Waals surface area contributed by atoms with Crippen molar-refractivity contribution in [1.29, 1.82) is 0 Å². The molecule has 3 N–H and O–H groups in total. The highest BCUT2D eigenvalue weighted by Gasteiger charge is 2.26. The van der Waals surface area contributed by atoms with Gasteiger partial charge in [0, 0.05) is 11.3 Å². The number of ether oxygens (including phenoxy) is 1. The first-order valence-electron chi connectivity index (χ1n) is 9.02. The predicted molar refractivity (Wildman–Crippen MR) is 106 cm³/mol. The zero-order valence-electron chi connectivity index (χ0n) is 15.2. The van der Waals surface area contributed by atoms with Gasteiger partial charge >= 0.3 is 0 Å². The molecular weight excluding hydrogens is 368 g/mol. The lowest BCUT2D eigenvalue weighted by molar-refractivity contribution is -0.937. The maximum absolute atomic E-state index is 13.7. The Balaban J connectivity index is 1.65. The summed E-state index contributed by atoms with van der Waals surface area (Å²) in [4.78, 5) is 1.37. The molecule has 0 spiro atoms. The van der Waals surface area contributed by atoms with Crippen molar-refractivity contribution in [2.45, 2.75) is 13.0 Å². The first-order chi connectivity index (χ1) is 13.0. The van der Waals surface area contributed by atoms with Crippen molar-refractivity contribution in [3.63, 3.8) is 0 Å². The van der Waals surface area contributed by atoms with Crippen LogP contribution >= 0.6 is 12.2 Å².